The largest absolute Gasteiger partial charge is 0.496 e. The van der Waals surface area contributed by atoms with E-state index in [1.165, 1.54) is 14.2 Å². The first kappa shape index (κ1) is 24.0. The van der Waals surface area contributed by atoms with Gasteiger partial charge in [-0.3, -0.25) is 14.3 Å². The number of benzene rings is 2. The Hall–Kier alpha value is -4.14. The highest BCUT2D eigenvalue weighted by Crippen LogP contribution is 2.39. The van der Waals surface area contributed by atoms with Crippen molar-refractivity contribution in [1.29, 1.82) is 0 Å². The van der Waals surface area contributed by atoms with Crippen LogP contribution >= 0.6 is 0 Å². The highest BCUT2D eigenvalue weighted by atomic mass is 16.5. The zero-order valence-corrected chi connectivity index (χ0v) is 20.0. The fourth-order valence-corrected chi connectivity index (χ4v) is 3.84. The van der Waals surface area contributed by atoms with Gasteiger partial charge in [-0.25, -0.2) is 4.79 Å². The number of para-hydroxylation sites is 1. The third-order valence-corrected chi connectivity index (χ3v) is 5.94. The van der Waals surface area contributed by atoms with E-state index in [0.29, 0.717) is 34.1 Å². The van der Waals surface area contributed by atoms with E-state index in [9.17, 15) is 14.4 Å². The van der Waals surface area contributed by atoms with Crippen LogP contribution in [-0.4, -0.2) is 41.8 Å². The number of esters is 1. The first-order valence-corrected chi connectivity index (χ1v) is 11.3. The molecule has 1 heterocycles. The van der Waals surface area contributed by atoms with E-state index in [0.717, 1.165) is 24.1 Å². The molecule has 1 aromatic heterocycles. The Morgan fingerprint density at radius 2 is 1.71 bits per heavy atom. The minimum atomic E-state index is -0.416. The van der Waals surface area contributed by atoms with Gasteiger partial charge in [0.05, 0.1) is 31.0 Å². The summed E-state index contributed by atoms with van der Waals surface area (Å²) in [6.45, 7) is 0.469. The van der Waals surface area contributed by atoms with Crippen LogP contribution in [0.5, 0.6) is 5.75 Å². The first-order valence-electron chi connectivity index (χ1n) is 11.3. The number of nitrogens with zero attached hydrogens (tertiary/aromatic N) is 2. The SMILES string of the molecule is COC(=O)c1ccc(CNC(=O)c2cccc(CNC(=O)c3cc(C4CC4)nn3C)c2OC)cc1. The maximum Gasteiger partial charge on any atom is 0.337 e. The van der Waals surface area contributed by atoms with Crippen LogP contribution in [-0.2, 0) is 24.9 Å². The third-order valence-electron chi connectivity index (χ3n) is 5.94. The summed E-state index contributed by atoms with van der Waals surface area (Å²) < 4.78 is 11.8. The van der Waals surface area contributed by atoms with Gasteiger partial charge in [0.2, 0.25) is 0 Å². The van der Waals surface area contributed by atoms with Crippen molar-refractivity contribution in [1.82, 2.24) is 20.4 Å². The second kappa shape index (κ2) is 10.4. The normalized spacial score (nSPS) is 12.7. The Morgan fingerprint density at radius 3 is 2.37 bits per heavy atom. The summed E-state index contributed by atoms with van der Waals surface area (Å²) >= 11 is 0. The summed E-state index contributed by atoms with van der Waals surface area (Å²) in [5, 5.41) is 10.2. The molecule has 0 spiro atoms. The summed E-state index contributed by atoms with van der Waals surface area (Å²) in [4.78, 5) is 37.2. The molecule has 1 aliphatic carbocycles. The number of hydrogen-bond donors (Lipinski definition) is 2. The topological polar surface area (TPSA) is 112 Å². The fourth-order valence-electron chi connectivity index (χ4n) is 3.84. The van der Waals surface area contributed by atoms with Crippen molar-refractivity contribution in [2.45, 2.75) is 31.8 Å². The molecule has 0 bridgehead atoms. The van der Waals surface area contributed by atoms with Crippen LogP contribution in [0.3, 0.4) is 0 Å². The Morgan fingerprint density at radius 1 is 1.00 bits per heavy atom. The number of methoxy groups -OCH3 is 2. The van der Waals surface area contributed by atoms with E-state index < -0.39 is 5.97 Å². The predicted octanol–water partition coefficient (Wildman–Crippen LogP) is 2.95. The van der Waals surface area contributed by atoms with E-state index in [4.69, 9.17) is 9.47 Å². The lowest BCUT2D eigenvalue weighted by molar-refractivity contribution is 0.0600. The van der Waals surface area contributed by atoms with Gasteiger partial charge in [0, 0.05) is 31.6 Å². The number of nitrogens with one attached hydrogen (secondary N) is 2. The second-order valence-electron chi connectivity index (χ2n) is 8.40. The maximum atomic E-state index is 12.9. The summed E-state index contributed by atoms with van der Waals surface area (Å²) in [5.41, 5.74) is 3.76. The van der Waals surface area contributed by atoms with Gasteiger partial charge in [0.1, 0.15) is 11.4 Å². The molecule has 0 radical (unpaired) electrons. The van der Waals surface area contributed by atoms with Crippen molar-refractivity contribution in [3.05, 3.63) is 82.2 Å². The van der Waals surface area contributed by atoms with Crippen LogP contribution in [0.25, 0.3) is 0 Å². The molecule has 9 nitrogen and oxygen atoms in total. The molecule has 3 aromatic rings. The van der Waals surface area contributed by atoms with Gasteiger partial charge in [0.25, 0.3) is 11.8 Å². The Labute approximate surface area is 203 Å². The Balaban J connectivity index is 1.40. The highest BCUT2D eigenvalue weighted by Gasteiger charge is 2.28. The number of aryl methyl sites for hydroxylation is 1. The quantitative estimate of drug-likeness (QED) is 0.460. The third kappa shape index (κ3) is 5.51. The van der Waals surface area contributed by atoms with Crippen molar-refractivity contribution in [3.63, 3.8) is 0 Å². The molecule has 0 unspecified atom stereocenters. The first-order chi connectivity index (χ1) is 16.9. The molecule has 1 fully saturated rings. The number of aromatic nitrogens is 2. The highest BCUT2D eigenvalue weighted by molar-refractivity contribution is 5.97. The van der Waals surface area contributed by atoms with Crippen LogP contribution in [0.1, 0.15) is 66.8 Å². The predicted molar refractivity (Wildman–Crippen MR) is 128 cm³/mol. The molecule has 0 aliphatic heterocycles. The zero-order valence-electron chi connectivity index (χ0n) is 20.0. The van der Waals surface area contributed by atoms with Gasteiger partial charge >= 0.3 is 5.97 Å². The fraction of sp³-hybridized carbons (Fsp3) is 0.308. The van der Waals surface area contributed by atoms with Gasteiger partial charge in [-0.1, -0.05) is 24.3 Å². The molecule has 2 amide bonds. The molecule has 1 saturated carbocycles. The second-order valence-corrected chi connectivity index (χ2v) is 8.40. The van der Waals surface area contributed by atoms with E-state index in [-0.39, 0.29) is 24.9 Å². The van der Waals surface area contributed by atoms with Crippen molar-refractivity contribution in [2.75, 3.05) is 14.2 Å². The minimum Gasteiger partial charge on any atom is -0.496 e. The molecule has 2 N–H and O–H groups in total. The molecule has 0 saturated heterocycles. The van der Waals surface area contributed by atoms with Crippen LogP contribution in [0.15, 0.2) is 48.5 Å². The van der Waals surface area contributed by atoms with Crippen molar-refractivity contribution in [2.24, 2.45) is 7.05 Å². The van der Waals surface area contributed by atoms with Gasteiger partial charge in [-0.2, -0.15) is 5.10 Å². The number of carbonyl (C=O) groups is 3. The molecule has 0 atom stereocenters. The lowest BCUT2D eigenvalue weighted by Crippen LogP contribution is -2.26. The molecule has 4 rings (SSSR count). The number of rotatable bonds is 9. The number of ether oxygens (including phenoxy) is 2. The zero-order chi connectivity index (χ0) is 24.9. The summed E-state index contributed by atoms with van der Waals surface area (Å²) in [6.07, 6.45) is 2.23. The summed E-state index contributed by atoms with van der Waals surface area (Å²) in [7, 11) is 4.58. The maximum absolute atomic E-state index is 12.9. The van der Waals surface area contributed by atoms with Crippen molar-refractivity contribution in [3.8, 4) is 5.75 Å². The van der Waals surface area contributed by atoms with Crippen LogP contribution < -0.4 is 15.4 Å². The van der Waals surface area contributed by atoms with Crippen molar-refractivity contribution < 1.29 is 23.9 Å². The molecule has 35 heavy (non-hydrogen) atoms. The number of amides is 2. The molecule has 9 heteroatoms. The van der Waals surface area contributed by atoms with E-state index in [1.54, 1.807) is 54.2 Å². The summed E-state index contributed by atoms with van der Waals surface area (Å²) in [5.74, 6) is -0.105. The van der Waals surface area contributed by atoms with Crippen LogP contribution in [0.4, 0.5) is 0 Å². The standard InChI is InChI=1S/C26H28N4O5/c1-30-22(13-21(29-30)17-11-12-17)25(32)28-15-19-5-4-6-20(23(19)34-2)24(31)27-14-16-7-9-18(10-8-16)26(33)35-3/h4-10,13,17H,11-12,14-15H2,1-3H3,(H,27,31)(H,28,32). The minimum absolute atomic E-state index is 0.196. The molecule has 1 aliphatic rings. The van der Waals surface area contributed by atoms with Crippen LogP contribution in [0, 0.1) is 0 Å². The van der Waals surface area contributed by atoms with Crippen molar-refractivity contribution >= 4 is 17.8 Å². The van der Waals surface area contributed by atoms with Gasteiger partial charge in [-0.15, -0.1) is 0 Å². The Bertz CT molecular complexity index is 1250. The molecular weight excluding hydrogens is 448 g/mol. The summed E-state index contributed by atoms with van der Waals surface area (Å²) in [6, 6.07) is 13.9. The number of carbonyl (C=O) groups excluding carboxylic acids is 3. The van der Waals surface area contributed by atoms with Crippen LogP contribution in [0.2, 0.25) is 0 Å². The number of hydrogen-bond acceptors (Lipinski definition) is 6. The molecule has 182 valence electrons. The van der Waals surface area contributed by atoms with Gasteiger partial charge in [-0.05, 0) is 42.7 Å². The average Bonchev–Trinajstić information content (AvgIpc) is 3.66. The average molecular weight is 477 g/mol. The molecular formula is C26H28N4O5. The van der Waals surface area contributed by atoms with Gasteiger partial charge < -0.3 is 20.1 Å². The Kier molecular flexibility index (Phi) is 7.14. The van der Waals surface area contributed by atoms with Gasteiger partial charge in [0.15, 0.2) is 0 Å². The smallest absolute Gasteiger partial charge is 0.337 e. The lowest BCUT2D eigenvalue weighted by Gasteiger charge is -2.14. The monoisotopic (exact) mass is 476 g/mol. The lowest BCUT2D eigenvalue weighted by atomic mass is 10.1. The van der Waals surface area contributed by atoms with E-state index >= 15 is 0 Å². The molecule has 2 aromatic carbocycles. The van der Waals surface area contributed by atoms with E-state index in [1.807, 2.05) is 6.07 Å². The van der Waals surface area contributed by atoms with E-state index in [2.05, 4.69) is 15.7 Å².